The summed E-state index contributed by atoms with van der Waals surface area (Å²) in [6.07, 6.45) is 0.592. The average molecular weight is 257 g/mol. The second kappa shape index (κ2) is 5.82. The number of hydrogen-bond donors (Lipinski definition) is 2. The Morgan fingerprint density at radius 1 is 1.50 bits per heavy atom. The van der Waals surface area contributed by atoms with Crippen molar-refractivity contribution in [2.24, 2.45) is 11.7 Å². The maximum Gasteiger partial charge on any atom is 0.234 e. The summed E-state index contributed by atoms with van der Waals surface area (Å²) in [7, 11) is 0. The molecule has 1 amide bonds. The molecule has 0 heterocycles. The summed E-state index contributed by atoms with van der Waals surface area (Å²) in [5.74, 6) is -0.608. The van der Waals surface area contributed by atoms with Gasteiger partial charge in [-0.25, -0.2) is 0 Å². The molecular weight excluding hydrogens is 244 g/mol. The monoisotopic (exact) mass is 256 g/mol. The van der Waals surface area contributed by atoms with Crippen molar-refractivity contribution in [3.8, 4) is 0 Å². The summed E-state index contributed by atoms with van der Waals surface area (Å²) in [5, 5.41) is 3.36. The molecule has 1 aromatic carbocycles. The fourth-order valence-electron chi connectivity index (χ4n) is 1.28. The number of carbonyl (C=O) groups is 1. The van der Waals surface area contributed by atoms with E-state index in [1.54, 1.807) is 24.3 Å². The summed E-state index contributed by atoms with van der Waals surface area (Å²) in [6, 6.07) is 6.87. The number of hydrogen-bond acceptors (Lipinski definition) is 2. The maximum absolute atomic E-state index is 11.8. The Bertz CT molecular complexity index is 391. The Balaban J connectivity index is 2.70. The molecule has 0 aromatic heterocycles. The Kier molecular flexibility index (Phi) is 4.71. The fourth-order valence-corrected chi connectivity index (χ4v) is 1.68. The van der Waals surface area contributed by atoms with E-state index in [1.807, 2.05) is 6.92 Å². The molecule has 0 aliphatic rings. The normalized spacial score (nSPS) is 11.9. The number of carbonyl (C=O) groups excluding carboxylic acids is 1. The summed E-state index contributed by atoms with van der Waals surface area (Å²) < 4.78 is 0. The lowest BCUT2D eigenvalue weighted by Gasteiger charge is -2.13. The van der Waals surface area contributed by atoms with E-state index in [9.17, 15) is 4.79 Å². The second-order valence-corrected chi connectivity index (χ2v) is 4.27. The van der Waals surface area contributed by atoms with Gasteiger partial charge in [-0.2, -0.15) is 0 Å². The van der Waals surface area contributed by atoms with E-state index in [2.05, 4.69) is 5.32 Å². The van der Waals surface area contributed by atoms with Gasteiger partial charge in [-0.15, -0.1) is 0 Å². The number of thiocarbonyl (C=S) groups is 1. The van der Waals surface area contributed by atoms with Crippen LogP contribution in [0.1, 0.15) is 13.3 Å². The molecule has 1 aromatic rings. The van der Waals surface area contributed by atoms with Crippen LogP contribution in [0.2, 0.25) is 5.02 Å². The molecule has 16 heavy (non-hydrogen) atoms. The van der Waals surface area contributed by atoms with Crippen molar-refractivity contribution in [2.75, 3.05) is 5.32 Å². The number of amides is 1. The summed E-state index contributed by atoms with van der Waals surface area (Å²) in [6.45, 7) is 1.87. The molecule has 0 spiro atoms. The zero-order valence-electron chi connectivity index (χ0n) is 8.87. The van der Waals surface area contributed by atoms with Crippen molar-refractivity contribution in [3.63, 3.8) is 0 Å². The molecule has 5 heteroatoms. The number of rotatable bonds is 4. The third-order valence-corrected chi connectivity index (χ3v) is 2.72. The molecule has 1 atom stereocenters. The fraction of sp³-hybridized carbons (Fsp3) is 0.273. The number of anilines is 1. The molecule has 0 saturated carbocycles. The molecule has 0 aliphatic heterocycles. The van der Waals surface area contributed by atoms with E-state index in [-0.39, 0.29) is 10.9 Å². The van der Waals surface area contributed by atoms with E-state index < -0.39 is 5.92 Å². The van der Waals surface area contributed by atoms with Crippen LogP contribution in [0, 0.1) is 5.92 Å². The smallest absolute Gasteiger partial charge is 0.234 e. The van der Waals surface area contributed by atoms with Gasteiger partial charge in [0, 0.05) is 10.7 Å². The van der Waals surface area contributed by atoms with Gasteiger partial charge in [-0.3, -0.25) is 4.79 Å². The number of benzene rings is 1. The molecule has 0 radical (unpaired) electrons. The Morgan fingerprint density at radius 3 is 2.50 bits per heavy atom. The minimum atomic E-state index is -0.425. The molecule has 0 bridgehead atoms. The molecule has 3 nitrogen and oxygen atoms in total. The van der Waals surface area contributed by atoms with Crippen molar-refractivity contribution in [1.82, 2.24) is 0 Å². The highest BCUT2D eigenvalue weighted by atomic mass is 35.5. The van der Waals surface area contributed by atoms with Gasteiger partial charge in [-0.05, 0) is 30.7 Å². The minimum Gasteiger partial charge on any atom is -0.393 e. The second-order valence-electron chi connectivity index (χ2n) is 3.36. The van der Waals surface area contributed by atoms with Gasteiger partial charge >= 0.3 is 0 Å². The first-order valence-electron chi connectivity index (χ1n) is 4.90. The molecule has 86 valence electrons. The van der Waals surface area contributed by atoms with Crippen LogP contribution < -0.4 is 11.1 Å². The third kappa shape index (κ3) is 3.47. The molecule has 1 rings (SSSR count). The van der Waals surface area contributed by atoms with E-state index in [0.717, 1.165) is 0 Å². The van der Waals surface area contributed by atoms with Gasteiger partial charge in [0.15, 0.2) is 0 Å². The van der Waals surface area contributed by atoms with E-state index in [4.69, 9.17) is 29.6 Å². The van der Waals surface area contributed by atoms with Crippen molar-refractivity contribution in [2.45, 2.75) is 13.3 Å². The van der Waals surface area contributed by atoms with Gasteiger partial charge < -0.3 is 11.1 Å². The summed E-state index contributed by atoms with van der Waals surface area (Å²) in [4.78, 5) is 12.0. The van der Waals surface area contributed by atoms with E-state index in [0.29, 0.717) is 17.1 Å². The standard InChI is InChI=1S/C11H13ClN2OS/c1-2-9(10(13)16)11(15)14-8-5-3-7(12)4-6-8/h3-6,9H,2H2,1H3,(H2,13,16)(H,14,15). The quantitative estimate of drug-likeness (QED) is 0.815. The van der Waals surface area contributed by atoms with Crippen LogP contribution in [0.4, 0.5) is 5.69 Å². The van der Waals surface area contributed by atoms with Crippen LogP contribution in [0.15, 0.2) is 24.3 Å². The molecule has 3 N–H and O–H groups in total. The van der Waals surface area contributed by atoms with Crippen LogP contribution in [0.25, 0.3) is 0 Å². The van der Waals surface area contributed by atoms with E-state index in [1.165, 1.54) is 0 Å². The lowest BCUT2D eigenvalue weighted by Crippen LogP contribution is -2.32. The van der Waals surface area contributed by atoms with Crippen LogP contribution in [0.5, 0.6) is 0 Å². The minimum absolute atomic E-state index is 0.183. The van der Waals surface area contributed by atoms with Gasteiger partial charge in [0.2, 0.25) is 5.91 Å². The first-order chi connectivity index (χ1) is 7.54. The summed E-state index contributed by atoms with van der Waals surface area (Å²) >= 11 is 10.6. The van der Waals surface area contributed by atoms with Crippen LogP contribution >= 0.6 is 23.8 Å². The number of nitrogens with two attached hydrogens (primary N) is 1. The average Bonchev–Trinajstić information content (AvgIpc) is 2.22. The molecular formula is C11H13ClN2OS. The highest BCUT2D eigenvalue weighted by molar-refractivity contribution is 7.80. The van der Waals surface area contributed by atoms with Crippen LogP contribution in [-0.2, 0) is 4.79 Å². The largest absolute Gasteiger partial charge is 0.393 e. The van der Waals surface area contributed by atoms with Gasteiger partial charge in [0.1, 0.15) is 0 Å². The highest BCUT2D eigenvalue weighted by Crippen LogP contribution is 2.15. The van der Waals surface area contributed by atoms with E-state index >= 15 is 0 Å². The van der Waals surface area contributed by atoms with Gasteiger partial charge in [0.05, 0.1) is 10.9 Å². The predicted molar refractivity (Wildman–Crippen MR) is 70.6 cm³/mol. The van der Waals surface area contributed by atoms with Gasteiger partial charge in [0.25, 0.3) is 0 Å². The Labute approximate surface area is 105 Å². The lowest BCUT2D eigenvalue weighted by atomic mass is 10.1. The zero-order chi connectivity index (χ0) is 12.1. The van der Waals surface area contributed by atoms with Gasteiger partial charge in [-0.1, -0.05) is 30.7 Å². The zero-order valence-corrected chi connectivity index (χ0v) is 10.4. The van der Waals surface area contributed by atoms with Crippen molar-refractivity contribution in [1.29, 1.82) is 0 Å². The molecule has 1 unspecified atom stereocenters. The maximum atomic E-state index is 11.8. The SMILES string of the molecule is CCC(C(=O)Nc1ccc(Cl)cc1)C(N)=S. The van der Waals surface area contributed by atoms with Crippen molar-refractivity contribution in [3.05, 3.63) is 29.3 Å². The lowest BCUT2D eigenvalue weighted by molar-refractivity contribution is -0.118. The highest BCUT2D eigenvalue weighted by Gasteiger charge is 2.18. The first-order valence-corrected chi connectivity index (χ1v) is 5.69. The summed E-state index contributed by atoms with van der Waals surface area (Å²) in [5.41, 5.74) is 6.16. The predicted octanol–water partition coefficient (Wildman–Crippen LogP) is 2.59. The molecule has 0 saturated heterocycles. The number of nitrogens with one attached hydrogen (secondary N) is 1. The number of halogens is 1. The van der Waals surface area contributed by atoms with Crippen molar-refractivity contribution < 1.29 is 4.79 Å². The molecule has 0 aliphatic carbocycles. The first kappa shape index (κ1) is 12.9. The van der Waals surface area contributed by atoms with Crippen molar-refractivity contribution >= 4 is 40.4 Å². The third-order valence-electron chi connectivity index (χ3n) is 2.18. The Hall–Kier alpha value is -1.13. The molecule has 0 fully saturated rings. The topological polar surface area (TPSA) is 55.1 Å². The Morgan fingerprint density at radius 2 is 2.06 bits per heavy atom. The van der Waals surface area contributed by atoms with Crippen LogP contribution in [0.3, 0.4) is 0 Å². The van der Waals surface area contributed by atoms with Crippen LogP contribution in [-0.4, -0.2) is 10.9 Å².